The van der Waals surface area contributed by atoms with Gasteiger partial charge in [0, 0.05) is 31.4 Å². The molecule has 5 nitrogen and oxygen atoms in total. The molecule has 0 saturated carbocycles. The van der Waals surface area contributed by atoms with Gasteiger partial charge < -0.3 is 5.11 Å². The van der Waals surface area contributed by atoms with Crippen molar-refractivity contribution < 1.29 is 9.90 Å². The molecule has 1 fully saturated rings. The second-order valence-corrected chi connectivity index (χ2v) is 5.28. The first-order valence-electron chi connectivity index (χ1n) is 6.42. The molecule has 1 atom stereocenters. The summed E-state index contributed by atoms with van der Waals surface area (Å²) in [6, 6.07) is 0. The summed E-state index contributed by atoms with van der Waals surface area (Å²) in [5, 5.41) is 13.6. The number of hydrogen-bond acceptors (Lipinski definition) is 3. The quantitative estimate of drug-likeness (QED) is 0.879. The summed E-state index contributed by atoms with van der Waals surface area (Å²) in [6.07, 6.45) is 3.32. The number of nitrogens with zero attached hydrogens (tertiary/aromatic N) is 3. The number of aryl methyl sites for hydroxylation is 1. The molecule has 0 aromatic carbocycles. The second-order valence-electron chi connectivity index (χ2n) is 5.28. The highest BCUT2D eigenvalue weighted by molar-refractivity contribution is 5.75. The summed E-state index contributed by atoms with van der Waals surface area (Å²) in [5.74, 6) is -0.657. The monoisotopic (exact) mass is 251 g/mol. The Morgan fingerprint density at radius 1 is 1.61 bits per heavy atom. The maximum Gasteiger partial charge on any atom is 0.310 e. The molecule has 2 rings (SSSR count). The van der Waals surface area contributed by atoms with E-state index in [-0.39, 0.29) is 0 Å². The molecular weight excluding hydrogens is 230 g/mol. The van der Waals surface area contributed by atoms with Gasteiger partial charge in [-0.25, -0.2) is 0 Å². The zero-order valence-corrected chi connectivity index (χ0v) is 11.3. The van der Waals surface area contributed by atoms with Crippen molar-refractivity contribution in [2.45, 2.75) is 33.2 Å². The highest BCUT2D eigenvalue weighted by Gasteiger charge is 2.43. The Hall–Kier alpha value is -1.36. The van der Waals surface area contributed by atoms with E-state index in [1.807, 2.05) is 31.8 Å². The smallest absolute Gasteiger partial charge is 0.310 e. The van der Waals surface area contributed by atoms with Gasteiger partial charge in [-0.3, -0.25) is 14.4 Å². The zero-order chi connectivity index (χ0) is 13.3. The highest BCUT2D eigenvalue weighted by Crippen LogP contribution is 2.34. The molecule has 0 amide bonds. The number of carboxylic acid groups (broad SMARTS) is 1. The summed E-state index contributed by atoms with van der Waals surface area (Å²) in [5.41, 5.74) is 1.80. The van der Waals surface area contributed by atoms with Crippen LogP contribution in [0.3, 0.4) is 0 Å². The van der Waals surface area contributed by atoms with Crippen molar-refractivity contribution in [2.75, 3.05) is 13.1 Å². The fraction of sp³-hybridized carbons (Fsp3) is 0.692. The van der Waals surface area contributed by atoms with Gasteiger partial charge in [0.05, 0.1) is 11.6 Å². The topological polar surface area (TPSA) is 58.4 Å². The van der Waals surface area contributed by atoms with Crippen LogP contribution in [0, 0.1) is 12.3 Å². The average Bonchev–Trinajstić information content (AvgIpc) is 2.89. The maximum atomic E-state index is 11.4. The van der Waals surface area contributed by atoms with E-state index in [9.17, 15) is 9.90 Å². The third kappa shape index (κ3) is 2.14. The van der Waals surface area contributed by atoms with E-state index < -0.39 is 11.4 Å². The predicted octanol–water partition coefficient (Wildman–Crippen LogP) is 1.42. The van der Waals surface area contributed by atoms with Gasteiger partial charge in [-0.1, -0.05) is 6.92 Å². The zero-order valence-electron chi connectivity index (χ0n) is 11.3. The van der Waals surface area contributed by atoms with E-state index in [0.717, 1.165) is 25.2 Å². The van der Waals surface area contributed by atoms with Crippen LogP contribution in [0.5, 0.6) is 0 Å². The molecule has 5 heteroatoms. The number of rotatable bonds is 4. The molecule has 0 spiro atoms. The number of carboxylic acids is 1. The molecule has 2 heterocycles. The van der Waals surface area contributed by atoms with Gasteiger partial charge in [-0.2, -0.15) is 5.10 Å². The Balaban J connectivity index is 2.06. The number of aliphatic carboxylic acids is 1. The van der Waals surface area contributed by atoms with Gasteiger partial charge in [-0.05, 0) is 26.3 Å². The van der Waals surface area contributed by atoms with Gasteiger partial charge >= 0.3 is 5.97 Å². The second kappa shape index (κ2) is 4.72. The lowest BCUT2D eigenvalue weighted by Gasteiger charge is -2.23. The first-order chi connectivity index (χ1) is 8.48. The Labute approximate surface area is 107 Å². The van der Waals surface area contributed by atoms with E-state index >= 15 is 0 Å². The van der Waals surface area contributed by atoms with Crippen molar-refractivity contribution in [3.05, 3.63) is 17.5 Å². The summed E-state index contributed by atoms with van der Waals surface area (Å²) in [4.78, 5) is 13.6. The van der Waals surface area contributed by atoms with E-state index in [2.05, 4.69) is 10.00 Å². The molecule has 1 saturated heterocycles. The van der Waals surface area contributed by atoms with Crippen LogP contribution in [-0.4, -0.2) is 38.8 Å². The Morgan fingerprint density at radius 3 is 2.78 bits per heavy atom. The van der Waals surface area contributed by atoms with Crippen molar-refractivity contribution in [1.29, 1.82) is 0 Å². The molecule has 18 heavy (non-hydrogen) atoms. The van der Waals surface area contributed by atoms with Crippen LogP contribution in [0.4, 0.5) is 0 Å². The third-order valence-electron chi connectivity index (χ3n) is 4.29. The van der Waals surface area contributed by atoms with Crippen LogP contribution in [0.25, 0.3) is 0 Å². The van der Waals surface area contributed by atoms with Gasteiger partial charge in [0.2, 0.25) is 0 Å². The summed E-state index contributed by atoms with van der Waals surface area (Å²) >= 11 is 0. The molecule has 1 N–H and O–H groups in total. The Bertz CT molecular complexity index is 455. The van der Waals surface area contributed by atoms with Gasteiger partial charge in [0.25, 0.3) is 0 Å². The molecule has 1 aliphatic rings. The molecule has 0 bridgehead atoms. The fourth-order valence-electron chi connectivity index (χ4n) is 2.65. The minimum absolute atomic E-state index is 0.546. The first kappa shape index (κ1) is 13.1. The largest absolute Gasteiger partial charge is 0.481 e. The predicted molar refractivity (Wildman–Crippen MR) is 68.2 cm³/mol. The number of carbonyl (C=O) groups is 1. The maximum absolute atomic E-state index is 11.4. The van der Waals surface area contributed by atoms with Gasteiger partial charge in [0.15, 0.2) is 0 Å². The molecule has 100 valence electrons. The number of aromatic nitrogens is 2. The highest BCUT2D eigenvalue weighted by atomic mass is 16.4. The average molecular weight is 251 g/mol. The minimum atomic E-state index is -0.657. The third-order valence-corrected chi connectivity index (χ3v) is 4.29. The van der Waals surface area contributed by atoms with Gasteiger partial charge in [-0.15, -0.1) is 0 Å². The molecule has 0 aliphatic carbocycles. The number of likely N-dealkylation sites (tertiary alicyclic amines) is 1. The van der Waals surface area contributed by atoms with Crippen LogP contribution in [-0.2, 0) is 18.4 Å². The molecule has 1 aliphatic heterocycles. The Kier molecular flexibility index (Phi) is 3.43. The molecular formula is C13H21N3O2. The van der Waals surface area contributed by atoms with Crippen molar-refractivity contribution in [3.63, 3.8) is 0 Å². The minimum Gasteiger partial charge on any atom is -0.481 e. The summed E-state index contributed by atoms with van der Waals surface area (Å²) in [7, 11) is 1.93. The normalized spacial score (nSPS) is 24.6. The van der Waals surface area contributed by atoms with Crippen LogP contribution in [0.2, 0.25) is 0 Å². The van der Waals surface area contributed by atoms with Crippen molar-refractivity contribution >= 4 is 5.97 Å². The van der Waals surface area contributed by atoms with E-state index in [1.165, 1.54) is 5.56 Å². The molecule has 0 radical (unpaired) electrons. The standard InChI is InChI=1S/C13H21N3O2/c1-4-13(12(17)18)5-6-16(9-13)8-11-7-14-15(3)10(11)2/h7H,4-6,8-9H2,1-3H3,(H,17,18). The van der Waals surface area contributed by atoms with E-state index in [1.54, 1.807) is 0 Å². The fourth-order valence-corrected chi connectivity index (χ4v) is 2.65. The Morgan fingerprint density at radius 2 is 2.33 bits per heavy atom. The molecule has 1 unspecified atom stereocenters. The SMILES string of the molecule is CCC1(C(=O)O)CCN(Cc2cnn(C)c2C)C1. The van der Waals surface area contributed by atoms with E-state index in [0.29, 0.717) is 13.0 Å². The lowest BCUT2D eigenvalue weighted by molar-refractivity contribution is -0.148. The summed E-state index contributed by atoms with van der Waals surface area (Å²) in [6.45, 7) is 6.31. The van der Waals surface area contributed by atoms with Crippen LogP contribution < -0.4 is 0 Å². The summed E-state index contributed by atoms with van der Waals surface area (Å²) < 4.78 is 1.86. The lowest BCUT2D eigenvalue weighted by atomic mass is 9.84. The molecule has 1 aromatic heterocycles. The van der Waals surface area contributed by atoms with Crippen molar-refractivity contribution in [2.24, 2.45) is 12.5 Å². The van der Waals surface area contributed by atoms with Crippen LogP contribution >= 0.6 is 0 Å². The van der Waals surface area contributed by atoms with Crippen molar-refractivity contribution in [3.8, 4) is 0 Å². The van der Waals surface area contributed by atoms with Crippen LogP contribution in [0.15, 0.2) is 6.20 Å². The molecule has 1 aromatic rings. The van der Waals surface area contributed by atoms with Gasteiger partial charge in [0.1, 0.15) is 0 Å². The first-order valence-corrected chi connectivity index (χ1v) is 6.42. The van der Waals surface area contributed by atoms with Crippen LogP contribution in [0.1, 0.15) is 31.0 Å². The van der Waals surface area contributed by atoms with Crippen molar-refractivity contribution in [1.82, 2.24) is 14.7 Å². The number of hydrogen-bond donors (Lipinski definition) is 1. The van der Waals surface area contributed by atoms with E-state index in [4.69, 9.17) is 0 Å². The lowest BCUT2D eigenvalue weighted by Crippen LogP contribution is -2.33.